The minimum atomic E-state index is -1.52. The Labute approximate surface area is 142 Å². The molecule has 2 aromatic rings. The van der Waals surface area contributed by atoms with Crippen molar-refractivity contribution in [1.29, 1.82) is 0 Å². The van der Waals surface area contributed by atoms with E-state index in [1.54, 1.807) is 18.2 Å². The zero-order valence-electron chi connectivity index (χ0n) is 12.7. The summed E-state index contributed by atoms with van der Waals surface area (Å²) < 4.78 is 0. The second-order valence-electron chi connectivity index (χ2n) is 5.26. The van der Waals surface area contributed by atoms with Crippen molar-refractivity contribution >= 4 is 29.1 Å². The monoisotopic (exact) mass is 347 g/mol. The molecular formula is C16H14ClN3O4. The van der Waals surface area contributed by atoms with Crippen molar-refractivity contribution in [3.05, 3.63) is 74.8 Å². The minimum absolute atomic E-state index is 0.0405. The zero-order valence-corrected chi connectivity index (χ0v) is 13.4. The van der Waals surface area contributed by atoms with Gasteiger partial charge in [-0.3, -0.25) is 19.7 Å². The van der Waals surface area contributed by atoms with Crippen molar-refractivity contribution in [3.63, 3.8) is 0 Å². The van der Waals surface area contributed by atoms with Gasteiger partial charge in [0.2, 0.25) is 5.91 Å². The van der Waals surface area contributed by atoms with Crippen molar-refractivity contribution in [2.24, 2.45) is 5.73 Å². The van der Waals surface area contributed by atoms with Gasteiger partial charge >= 0.3 is 0 Å². The quantitative estimate of drug-likeness (QED) is 0.638. The summed E-state index contributed by atoms with van der Waals surface area (Å²) in [7, 11) is 0. The summed E-state index contributed by atoms with van der Waals surface area (Å²) >= 11 is 5.92. The zero-order chi connectivity index (χ0) is 17.9. The van der Waals surface area contributed by atoms with Crippen LogP contribution in [0.5, 0.6) is 0 Å². The van der Waals surface area contributed by atoms with Gasteiger partial charge in [0.25, 0.3) is 11.6 Å². The first-order valence-electron chi connectivity index (χ1n) is 6.87. The number of nitrogens with zero attached hydrogens (tertiary/aromatic N) is 1. The average molecular weight is 348 g/mol. The van der Waals surface area contributed by atoms with Gasteiger partial charge in [0, 0.05) is 22.7 Å². The molecule has 1 atom stereocenters. The van der Waals surface area contributed by atoms with Crippen LogP contribution < -0.4 is 11.1 Å². The van der Waals surface area contributed by atoms with Gasteiger partial charge in [-0.05, 0) is 30.7 Å². The summed E-state index contributed by atoms with van der Waals surface area (Å²) in [4.78, 5) is 34.6. The number of hydrogen-bond acceptors (Lipinski definition) is 4. The van der Waals surface area contributed by atoms with Gasteiger partial charge in [-0.15, -0.1) is 0 Å². The molecule has 1 unspecified atom stereocenters. The normalized spacial score (nSPS) is 12.9. The molecule has 0 aliphatic carbocycles. The standard InChI is InChI=1S/C16H14ClN3O4/c1-16(15(18)22,11-5-3-6-12(17)9-11)19-14(21)10-4-2-7-13(8-10)20(23)24/h2-9H,1H3,(H2,18,22)(H,19,21). The van der Waals surface area contributed by atoms with Gasteiger partial charge in [0.15, 0.2) is 0 Å². The molecule has 2 rings (SSSR count). The molecule has 2 aromatic carbocycles. The molecule has 0 saturated heterocycles. The molecule has 0 aromatic heterocycles. The first kappa shape index (κ1) is 17.4. The Balaban J connectivity index is 2.37. The number of carbonyl (C=O) groups is 2. The summed E-state index contributed by atoms with van der Waals surface area (Å²) in [6.45, 7) is 1.44. The van der Waals surface area contributed by atoms with Crippen molar-refractivity contribution in [1.82, 2.24) is 5.32 Å². The molecule has 0 aliphatic heterocycles. The van der Waals surface area contributed by atoms with E-state index < -0.39 is 22.3 Å². The van der Waals surface area contributed by atoms with E-state index in [4.69, 9.17) is 17.3 Å². The number of nitrogens with one attached hydrogen (secondary N) is 1. The molecular weight excluding hydrogens is 334 g/mol. The smallest absolute Gasteiger partial charge is 0.270 e. The lowest BCUT2D eigenvalue weighted by Gasteiger charge is -2.28. The van der Waals surface area contributed by atoms with E-state index in [2.05, 4.69) is 5.32 Å². The highest BCUT2D eigenvalue weighted by Gasteiger charge is 2.35. The first-order chi connectivity index (χ1) is 11.2. The number of nitro benzene ring substituents is 1. The van der Waals surface area contributed by atoms with E-state index in [0.717, 1.165) is 6.07 Å². The van der Waals surface area contributed by atoms with Crippen LogP contribution in [0.4, 0.5) is 5.69 Å². The number of non-ortho nitro benzene ring substituents is 1. The number of hydrogen-bond donors (Lipinski definition) is 2. The maximum absolute atomic E-state index is 12.4. The molecule has 0 aliphatic rings. The van der Waals surface area contributed by atoms with E-state index in [1.807, 2.05) is 0 Å². The molecule has 0 saturated carbocycles. The Bertz CT molecular complexity index is 824. The summed E-state index contributed by atoms with van der Waals surface area (Å²) in [5.74, 6) is -1.46. The van der Waals surface area contributed by atoms with Gasteiger partial charge in [-0.1, -0.05) is 29.8 Å². The largest absolute Gasteiger partial charge is 0.367 e. The number of primary amides is 1. The van der Waals surface area contributed by atoms with Gasteiger partial charge in [-0.25, -0.2) is 0 Å². The fourth-order valence-corrected chi connectivity index (χ4v) is 2.33. The van der Waals surface area contributed by atoms with E-state index >= 15 is 0 Å². The van der Waals surface area contributed by atoms with Gasteiger partial charge in [-0.2, -0.15) is 0 Å². The van der Waals surface area contributed by atoms with E-state index in [-0.39, 0.29) is 11.3 Å². The fourth-order valence-electron chi connectivity index (χ4n) is 2.14. The maximum Gasteiger partial charge on any atom is 0.270 e. The SMILES string of the molecule is CC(NC(=O)c1cccc([N+](=O)[O-])c1)(C(N)=O)c1cccc(Cl)c1. The molecule has 24 heavy (non-hydrogen) atoms. The highest BCUT2D eigenvalue weighted by Crippen LogP contribution is 2.24. The molecule has 3 N–H and O–H groups in total. The maximum atomic E-state index is 12.4. The first-order valence-corrected chi connectivity index (χ1v) is 7.25. The lowest BCUT2D eigenvalue weighted by atomic mass is 9.90. The minimum Gasteiger partial charge on any atom is -0.367 e. The summed E-state index contributed by atoms with van der Waals surface area (Å²) in [6.07, 6.45) is 0. The Hall–Kier alpha value is -2.93. The van der Waals surface area contributed by atoms with Crippen LogP contribution in [0.25, 0.3) is 0 Å². The fraction of sp³-hybridized carbons (Fsp3) is 0.125. The predicted molar refractivity (Wildman–Crippen MR) is 88.6 cm³/mol. The number of amides is 2. The Morgan fingerprint density at radius 3 is 2.46 bits per heavy atom. The van der Waals surface area contributed by atoms with Crippen LogP contribution in [0, 0.1) is 10.1 Å². The average Bonchev–Trinajstić information content (AvgIpc) is 2.54. The lowest BCUT2D eigenvalue weighted by Crippen LogP contribution is -2.52. The molecule has 0 spiro atoms. The second-order valence-corrected chi connectivity index (χ2v) is 5.70. The predicted octanol–water partition coefficient (Wildman–Crippen LogP) is 2.38. The van der Waals surface area contributed by atoms with Crippen molar-refractivity contribution in [3.8, 4) is 0 Å². The van der Waals surface area contributed by atoms with Crippen LogP contribution in [0.2, 0.25) is 5.02 Å². The highest BCUT2D eigenvalue weighted by molar-refractivity contribution is 6.30. The number of carbonyl (C=O) groups excluding carboxylic acids is 2. The van der Waals surface area contributed by atoms with Crippen LogP contribution in [-0.4, -0.2) is 16.7 Å². The number of halogens is 1. The topological polar surface area (TPSA) is 115 Å². The summed E-state index contributed by atoms with van der Waals surface area (Å²) in [6, 6.07) is 11.5. The Kier molecular flexibility index (Phi) is 4.85. The van der Waals surface area contributed by atoms with Crippen molar-refractivity contribution in [2.75, 3.05) is 0 Å². The van der Waals surface area contributed by atoms with Gasteiger partial charge in [0.05, 0.1) is 4.92 Å². The van der Waals surface area contributed by atoms with E-state index in [1.165, 1.54) is 31.2 Å². The van der Waals surface area contributed by atoms with Crippen LogP contribution >= 0.6 is 11.6 Å². The number of nitro groups is 1. The molecule has 0 fully saturated rings. The Morgan fingerprint density at radius 2 is 1.88 bits per heavy atom. The lowest BCUT2D eigenvalue weighted by molar-refractivity contribution is -0.384. The third-order valence-electron chi connectivity index (χ3n) is 3.58. The summed E-state index contributed by atoms with van der Waals surface area (Å²) in [5, 5.41) is 13.7. The van der Waals surface area contributed by atoms with Crippen molar-refractivity contribution in [2.45, 2.75) is 12.5 Å². The van der Waals surface area contributed by atoms with Gasteiger partial charge in [0.1, 0.15) is 5.54 Å². The second kappa shape index (κ2) is 6.67. The van der Waals surface area contributed by atoms with Crippen LogP contribution in [-0.2, 0) is 10.3 Å². The Morgan fingerprint density at radius 1 is 1.21 bits per heavy atom. The molecule has 0 radical (unpaired) electrons. The molecule has 7 nitrogen and oxygen atoms in total. The van der Waals surface area contributed by atoms with Crippen LogP contribution in [0.15, 0.2) is 48.5 Å². The van der Waals surface area contributed by atoms with Gasteiger partial charge < -0.3 is 11.1 Å². The number of benzene rings is 2. The number of nitrogens with two attached hydrogens (primary N) is 1. The molecule has 0 bridgehead atoms. The molecule has 8 heteroatoms. The summed E-state index contributed by atoms with van der Waals surface area (Å²) in [5.41, 5.74) is 4.15. The molecule has 124 valence electrons. The third kappa shape index (κ3) is 3.52. The van der Waals surface area contributed by atoms with E-state index in [0.29, 0.717) is 10.6 Å². The van der Waals surface area contributed by atoms with Crippen LogP contribution in [0.3, 0.4) is 0 Å². The highest BCUT2D eigenvalue weighted by atomic mass is 35.5. The van der Waals surface area contributed by atoms with E-state index in [9.17, 15) is 19.7 Å². The molecule has 0 heterocycles. The molecule has 2 amide bonds. The number of rotatable bonds is 5. The third-order valence-corrected chi connectivity index (χ3v) is 3.81. The van der Waals surface area contributed by atoms with Crippen molar-refractivity contribution < 1.29 is 14.5 Å². The van der Waals surface area contributed by atoms with Crippen LogP contribution in [0.1, 0.15) is 22.8 Å².